The molecule has 0 aromatic heterocycles. The van der Waals surface area contributed by atoms with Crippen LogP contribution >= 0.6 is 15.9 Å². The molecular formula is C18H21BrFNO3. The Labute approximate surface area is 149 Å². The summed E-state index contributed by atoms with van der Waals surface area (Å²) in [5.41, 5.74) is 1.33. The zero-order chi connectivity index (χ0) is 17.5. The molecule has 2 aromatic rings. The lowest BCUT2D eigenvalue weighted by Gasteiger charge is -2.17. The normalized spacial score (nSPS) is 12.0. The first-order chi connectivity index (χ1) is 11.5. The molecule has 0 radical (unpaired) electrons. The summed E-state index contributed by atoms with van der Waals surface area (Å²) in [4.78, 5) is 0. The molecule has 130 valence electrons. The summed E-state index contributed by atoms with van der Waals surface area (Å²) in [5, 5.41) is 12.5. The van der Waals surface area contributed by atoms with E-state index >= 15 is 0 Å². The minimum Gasteiger partial charge on any atom is -0.493 e. The fraction of sp³-hybridized carbons (Fsp3) is 0.333. The largest absolute Gasteiger partial charge is 0.493 e. The van der Waals surface area contributed by atoms with Crippen molar-refractivity contribution in [1.29, 1.82) is 0 Å². The molecule has 0 saturated carbocycles. The number of benzene rings is 2. The minimum absolute atomic E-state index is 0.100. The standard InChI is InChI=1S/C18H21BrFNO3/c1-12(22)9-21-10-14-15(19)7-8-17(23-2)18(14)24-11-13-5-3-4-6-16(13)20/h3-8,12,21-22H,9-11H2,1-2H3. The van der Waals surface area contributed by atoms with Gasteiger partial charge in [-0.1, -0.05) is 34.1 Å². The van der Waals surface area contributed by atoms with Crippen LogP contribution in [0.5, 0.6) is 11.5 Å². The summed E-state index contributed by atoms with van der Waals surface area (Å²) in [6, 6.07) is 10.2. The van der Waals surface area contributed by atoms with E-state index < -0.39 is 6.10 Å². The number of aliphatic hydroxyl groups excluding tert-OH is 1. The van der Waals surface area contributed by atoms with E-state index in [2.05, 4.69) is 21.2 Å². The van der Waals surface area contributed by atoms with Crippen molar-refractivity contribution in [2.24, 2.45) is 0 Å². The lowest BCUT2D eigenvalue weighted by atomic mass is 10.1. The van der Waals surface area contributed by atoms with Crippen molar-refractivity contribution in [2.45, 2.75) is 26.2 Å². The number of ether oxygens (including phenoxy) is 2. The van der Waals surface area contributed by atoms with Gasteiger partial charge >= 0.3 is 0 Å². The van der Waals surface area contributed by atoms with Gasteiger partial charge in [0.15, 0.2) is 11.5 Å². The van der Waals surface area contributed by atoms with Gasteiger partial charge in [0, 0.05) is 28.7 Å². The molecule has 0 fully saturated rings. The highest BCUT2D eigenvalue weighted by Crippen LogP contribution is 2.36. The van der Waals surface area contributed by atoms with Crippen molar-refractivity contribution < 1.29 is 19.0 Å². The first kappa shape index (κ1) is 18.7. The Balaban J connectivity index is 2.22. The molecule has 4 nitrogen and oxygen atoms in total. The van der Waals surface area contributed by atoms with Crippen LogP contribution in [0.25, 0.3) is 0 Å². The van der Waals surface area contributed by atoms with Gasteiger partial charge in [0.05, 0.1) is 13.2 Å². The zero-order valence-corrected chi connectivity index (χ0v) is 15.3. The second kappa shape index (κ2) is 9.01. The molecular weight excluding hydrogens is 377 g/mol. The van der Waals surface area contributed by atoms with Crippen molar-refractivity contribution >= 4 is 15.9 Å². The SMILES string of the molecule is COc1ccc(Br)c(CNCC(C)O)c1OCc1ccccc1F. The molecule has 0 bridgehead atoms. The van der Waals surface area contributed by atoms with Gasteiger partial charge in [0.2, 0.25) is 0 Å². The molecule has 0 aliphatic rings. The van der Waals surface area contributed by atoms with Crippen LogP contribution in [0, 0.1) is 5.82 Å². The third-order valence-corrected chi connectivity index (χ3v) is 4.20. The minimum atomic E-state index is -0.447. The van der Waals surface area contributed by atoms with Crippen LogP contribution in [0.2, 0.25) is 0 Å². The van der Waals surface area contributed by atoms with Gasteiger partial charge in [-0.05, 0) is 25.1 Å². The van der Waals surface area contributed by atoms with Crippen molar-refractivity contribution in [2.75, 3.05) is 13.7 Å². The third kappa shape index (κ3) is 4.93. The molecule has 1 unspecified atom stereocenters. The Morgan fingerprint density at radius 1 is 1.25 bits per heavy atom. The number of hydrogen-bond donors (Lipinski definition) is 2. The van der Waals surface area contributed by atoms with Gasteiger partial charge in [-0.2, -0.15) is 0 Å². The Bertz CT molecular complexity index is 679. The zero-order valence-electron chi connectivity index (χ0n) is 13.7. The van der Waals surface area contributed by atoms with E-state index in [9.17, 15) is 9.50 Å². The molecule has 0 aliphatic carbocycles. The number of nitrogens with one attached hydrogen (secondary N) is 1. The van der Waals surface area contributed by atoms with Crippen LogP contribution in [-0.4, -0.2) is 24.9 Å². The maximum atomic E-state index is 13.8. The fourth-order valence-electron chi connectivity index (χ4n) is 2.24. The van der Waals surface area contributed by atoms with Crippen LogP contribution in [0.4, 0.5) is 4.39 Å². The molecule has 0 spiro atoms. The molecule has 24 heavy (non-hydrogen) atoms. The van der Waals surface area contributed by atoms with Gasteiger partial charge < -0.3 is 19.9 Å². The summed E-state index contributed by atoms with van der Waals surface area (Å²) in [6.07, 6.45) is -0.447. The van der Waals surface area contributed by atoms with E-state index in [4.69, 9.17) is 9.47 Å². The number of hydrogen-bond acceptors (Lipinski definition) is 4. The number of halogens is 2. The molecule has 1 atom stereocenters. The first-order valence-corrected chi connectivity index (χ1v) is 8.42. The van der Waals surface area contributed by atoms with Gasteiger partial charge in [0.1, 0.15) is 12.4 Å². The maximum Gasteiger partial charge on any atom is 0.167 e. The molecule has 0 amide bonds. The average molecular weight is 398 g/mol. The second-order valence-electron chi connectivity index (χ2n) is 5.42. The Morgan fingerprint density at radius 3 is 2.67 bits per heavy atom. The topological polar surface area (TPSA) is 50.7 Å². The first-order valence-electron chi connectivity index (χ1n) is 7.63. The lowest BCUT2D eigenvalue weighted by molar-refractivity contribution is 0.190. The van der Waals surface area contributed by atoms with E-state index in [0.29, 0.717) is 30.2 Å². The van der Waals surface area contributed by atoms with Crippen molar-refractivity contribution in [3.05, 3.63) is 57.8 Å². The van der Waals surface area contributed by atoms with Gasteiger partial charge in [-0.3, -0.25) is 0 Å². The Hall–Kier alpha value is -1.63. The average Bonchev–Trinajstić information content (AvgIpc) is 2.56. The molecule has 0 saturated heterocycles. The monoisotopic (exact) mass is 397 g/mol. The van der Waals surface area contributed by atoms with Crippen LogP contribution in [0.1, 0.15) is 18.1 Å². The van der Waals surface area contributed by atoms with Crippen LogP contribution in [0.3, 0.4) is 0 Å². The van der Waals surface area contributed by atoms with Crippen molar-refractivity contribution in [3.8, 4) is 11.5 Å². The summed E-state index contributed by atoms with van der Waals surface area (Å²) in [5.74, 6) is 0.817. The summed E-state index contributed by atoms with van der Waals surface area (Å²) in [6.45, 7) is 2.75. The Morgan fingerprint density at radius 2 is 2.00 bits per heavy atom. The molecule has 2 aromatic carbocycles. The van der Waals surface area contributed by atoms with E-state index in [1.807, 2.05) is 6.07 Å². The molecule has 2 rings (SSSR count). The predicted octanol–water partition coefficient (Wildman–Crippen LogP) is 3.65. The van der Waals surface area contributed by atoms with Gasteiger partial charge in [-0.15, -0.1) is 0 Å². The molecule has 0 heterocycles. The smallest absolute Gasteiger partial charge is 0.167 e. The van der Waals surface area contributed by atoms with Crippen molar-refractivity contribution in [3.63, 3.8) is 0 Å². The highest BCUT2D eigenvalue weighted by molar-refractivity contribution is 9.10. The van der Waals surface area contributed by atoms with E-state index in [0.717, 1.165) is 10.0 Å². The van der Waals surface area contributed by atoms with Gasteiger partial charge in [-0.25, -0.2) is 4.39 Å². The number of methoxy groups -OCH3 is 1. The summed E-state index contributed by atoms with van der Waals surface area (Å²) >= 11 is 3.51. The number of rotatable bonds is 8. The lowest BCUT2D eigenvalue weighted by Crippen LogP contribution is -2.24. The predicted molar refractivity (Wildman–Crippen MR) is 94.8 cm³/mol. The number of aliphatic hydroxyl groups is 1. The van der Waals surface area contributed by atoms with Gasteiger partial charge in [0.25, 0.3) is 0 Å². The quantitative estimate of drug-likeness (QED) is 0.713. The maximum absolute atomic E-state index is 13.8. The molecule has 6 heteroatoms. The van der Waals surface area contributed by atoms with E-state index in [1.165, 1.54) is 6.07 Å². The summed E-state index contributed by atoms with van der Waals surface area (Å²) in [7, 11) is 1.56. The second-order valence-corrected chi connectivity index (χ2v) is 6.27. The van der Waals surface area contributed by atoms with E-state index in [-0.39, 0.29) is 12.4 Å². The fourth-order valence-corrected chi connectivity index (χ4v) is 2.69. The highest BCUT2D eigenvalue weighted by Gasteiger charge is 2.15. The van der Waals surface area contributed by atoms with E-state index in [1.54, 1.807) is 38.3 Å². The third-order valence-electron chi connectivity index (χ3n) is 3.46. The molecule has 2 N–H and O–H groups in total. The van der Waals surface area contributed by atoms with Crippen LogP contribution in [-0.2, 0) is 13.2 Å². The molecule has 0 aliphatic heterocycles. The Kier molecular flexibility index (Phi) is 7.02. The van der Waals surface area contributed by atoms with Crippen molar-refractivity contribution in [1.82, 2.24) is 5.32 Å². The highest BCUT2D eigenvalue weighted by atomic mass is 79.9. The summed E-state index contributed by atoms with van der Waals surface area (Å²) < 4.78 is 25.9. The van der Waals surface area contributed by atoms with Crippen LogP contribution < -0.4 is 14.8 Å². The van der Waals surface area contributed by atoms with Crippen LogP contribution in [0.15, 0.2) is 40.9 Å².